The minimum atomic E-state index is -0.500. The zero-order valence-electron chi connectivity index (χ0n) is 68.5. The molecule has 3 atom stereocenters. The lowest BCUT2D eigenvalue weighted by atomic mass is 9.98. The standard InChI is InChI=1S/C31H46N6O3.C29H40N6O2.C22H36N6O3.3H2S/c1-22(2)24-11-7-8-12-27(24)37-15-13-25-26(20-37)32-29(39-21-23-10-9-14-34(23)6)33-28(25)35-16-18-36(19-17-35)30(38)40-31(3,4)5;1-5-27(36)33-15-17-34(18-16-33)28-24-12-14-35(26-11-7-6-10-23(26)21(2)3)19-25(24)30-29(31-28)37-20-22-9-8-13-32(22)4;1-22(2,3)31-21(29)28-12-10-27(11-13-28)19-17-7-8-23-14-18(17)24-20(25-19)30-15-16-6-5-9-26(16)4;;;/h7-8,11-12,22-23H,9-10,13-21H2,1-6H3;5-7,10-11,21-22H,1,8-9,12-20H2,2-4H3;16,23H,5-15H2,1-4H3;3*1H2/t23-;22-;16-;;;/m000.../s1. The van der Waals surface area contributed by atoms with Crippen molar-refractivity contribution in [3.8, 4) is 18.0 Å². The van der Waals surface area contributed by atoms with E-state index in [2.05, 4.69) is 148 Å². The van der Waals surface area contributed by atoms with E-state index >= 15 is 0 Å². The molecule has 29 heteroatoms. The summed E-state index contributed by atoms with van der Waals surface area (Å²) in [6, 6.07) is 20.1. The van der Waals surface area contributed by atoms with Crippen LogP contribution in [0.1, 0.15) is 164 Å². The summed E-state index contributed by atoms with van der Waals surface area (Å²) in [6.45, 7) is 42.3. The summed E-state index contributed by atoms with van der Waals surface area (Å²) in [5.74, 6) is 3.79. The van der Waals surface area contributed by atoms with Gasteiger partial charge in [-0.05, 0) is 188 Å². The van der Waals surface area contributed by atoms with Crippen LogP contribution < -0.4 is 44.0 Å². The minimum absolute atomic E-state index is 0. The fraction of sp³-hybridized carbons (Fsp3) is 0.646. The van der Waals surface area contributed by atoms with Crippen molar-refractivity contribution < 1.29 is 38.1 Å². The first-order valence-corrected chi connectivity index (χ1v) is 40.0. The summed E-state index contributed by atoms with van der Waals surface area (Å²) in [5, 5.41) is 3.40. The Hall–Kier alpha value is -7.28. The number of fused-ring (bicyclic) bond motifs is 3. The number of nitrogens with one attached hydrogen (secondary N) is 1. The van der Waals surface area contributed by atoms with Gasteiger partial charge in [0.15, 0.2) is 0 Å². The van der Waals surface area contributed by atoms with Crippen molar-refractivity contribution in [2.45, 2.75) is 188 Å². The molecular weight excluding hydrogens is 1460 g/mol. The maximum absolute atomic E-state index is 12.7. The number of rotatable bonds is 17. The van der Waals surface area contributed by atoms with Gasteiger partial charge in [-0.15, -0.1) is 0 Å². The average Bonchev–Trinajstić information content (AvgIpc) is 1.27. The molecule has 9 aliphatic heterocycles. The highest BCUT2D eigenvalue weighted by Crippen LogP contribution is 2.38. The van der Waals surface area contributed by atoms with Gasteiger partial charge in [0.05, 0.1) is 30.2 Å². The molecule has 111 heavy (non-hydrogen) atoms. The summed E-state index contributed by atoms with van der Waals surface area (Å²) in [7, 11) is 6.47. The van der Waals surface area contributed by atoms with Gasteiger partial charge in [0.1, 0.15) is 48.5 Å². The predicted octanol–water partition coefficient (Wildman–Crippen LogP) is 10.2. The van der Waals surface area contributed by atoms with Crippen LogP contribution >= 0.6 is 40.5 Å². The highest BCUT2D eigenvalue weighted by Gasteiger charge is 2.36. The number of benzene rings is 2. The van der Waals surface area contributed by atoms with E-state index in [-0.39, 0.29) is 58.6 Å². The molecule has 6 fully saturated rings. The Kier molecular flexibility index (Phi) is 31.3. The molecule has 3 amide bonds. The molecular formula is C82H128N18O8S3. The number of carbonyl (C=O) groups excluding carboxylic acids is 3. The van der Waals surface area contributed by atoms with Gasteiger partial charge in [0, 0.05) is 144 Å². The second-order valence-electron chi connectivity index (χ2n) is 33.2. The first kappa shape index (κ1) is 87.7. The van der Waals surface area contributed by atoms with Gasteiger partial charge >= 0.3 is 30.2 Å². The number of hydrogen-bond donors (Lipinski definition) is 1. The Morgan fingerprint density at radius 1 is 0.459 bits per heavy atom. The SMILES string of the molecule is C=CC(=O)N1CCN(c2nc(OC[C@@H]3CCCN3C)nc3c2CCN(c2ccccc2C(C)C)C3)CC1.CC(C)c1ccccc1N1CCc2c(nc(OC[C@@H]3CCCN3C)nc2N2CCN(C(=O)OC(C)(C)C)CC2)C1.CN1CCC[C@H]1COc1nc2c(c(N3CCN(C(=O)OC(C)(C)C)CC3)n1)CCNC2.S.S.S. The number of amides is 3. The molecule has 5 aromatic rings. The van der Waals surface area contributed by atoms with Crippen LogP contribution in [-0.2, 0) is 53.2 Å². The molecule has 3 aromatic heterocycles. The number of nitrogens with zero attached hydrogens (tertiary/aromatic N) is 17. The first-order chi connectivity index (χ1) is 51.8. The van der Waals surface area contributed by atoms with Crippen molar-refractivity contribution in [3.63, 3.8) is 0 Å². The Morgan fingerprint density at radius 2 is 0.802 bits per heavy atom. The zero-order valence-corrected chi connectivity index (χ0v) is 71.5. The third-order valence-corrected chi connectivity index (χ3v) is 22.5. The maximum Gasteiger partial charge on any atom is 0.410 e. The number of hydrogen-bond acceptors (Lipinski definition) is 23. The lowest BCUT2D eigenvalue weighted by Crippen LogP contribution is -2.50. The average molecular weight is 1590 g/mol. The van der Waals surface area contributed by atoms with E-state index in [4.69, 9.17) is 53.6 Å². The first-order valence-electron chi connectivity index (χ1n) is 40.0. The quantitative estimate of drug-likeness (QED) is 0.0855. The minimum Gasteiger partial charge on any atom is -0.462 e. The molecule has 0 saturated carbocycles. The van der Waals surface area contributed by atoms with E-state index in [0.717, 1.165) is 158 Å². The Bertz CT molecular complexity index is 3900. The van der Waals surface area contributed by atoms with Crippen LogP contribution in [0.2, 0.25) is 0 Å². The van der Waals surface area contributed by atoms with Gasteiger partial charge < -0.3 is 82.9 Å². The zero-order chi connectivity index (χ0) is 76.4. The van der Waals surface area contributed by atoms with Gasteiger partial charge in [-0.1, -0.05) is 70.7 Å². The Morgan fingerprint density at radius 3 is 1.14 bits per heavy atom. The van der Waals surface area contributed by atoms with Crippen LogP contribution in [-0.4, -0.2) is 265 Å². The highest BCUT2D eigenvalue weighted by atomic mass is 32.1. The molecule has 26 nitrogen and oxygen atoms in total. The third kappa shape index (κ3) is 22.6. The Labute approximate surface area is 681 Å². The van der Waals surface area contributed by atoms with Gasteiger partial charge in [-0.3, -0.25) is 4.79 Å². The molecule has 0 unspecified atom stereocenters. The lowest BCUT2D eigenvalue weighted by molar-refractivity contribution is -0.126. The smallest absolute Gasteiger partial charge is 0.410 e. The number of likely N-dealkylation sites (tertiary alicyclic amines) is 3. The normalized spacial score (nSPS) is 20.3. The van der Waals surface area contributed by atoms with Crippen molar-refractivity contribution in [3.05, 3.63) is 106 Å². The predicted molar refractivity (Wildman–Crippen MR) is 456 cm³/mol. The molecule has 0 spiro atoms. The molecule has 2 aromatic carbocycles. The number of aromatic nitrogens is 6. The van der Waals surface area contributed by atoms with Crippen LogP contribution in [0.15, 0.2) is 61.2 Å². The van der Waals surface area contributed by atoms with Crippen LogP contribution in [0.3, 0.4) is 0 Å². The van der Waals surface area contributed by atoms with Crippen molar-refractivity contribution in [2.75, 3.05) is 183 Å². The fourth-order valence-electron chi connectivity index (χ4n) is 16.2. The monoisotopic (exact) mass is 1590 g/mol. The van der Waals surface area contributed by atoms with E-state index in [9.17, 15) is 14.4 Å². The van der Waals surface area contributed by atoms with Gasteiger partial charge in [0.2, 0.25) is 5.91 Å². The molecule has 612 valence electrons. The highest BCUT2D eigenvalue weighted by molar-refractivity contribution is 7.59. The van der Waals surface area contributed by atoms with Crippen LogP contribution in [0.5, 0.6) is 18.0 Å². The molecule has 0 radical (unpaired) electrons. The van der Waals surface area contributed by atoms with E-state index in [1.165, 1.54) is 64.5 Å². The third-order valence-electron chi connectivity index (χ3n) is 22.5. The summed E-state index contributed by atoms with van der Waals surface area (Å²) in [4.78, 5) is 90.9. The Balaban J connectivity index is 0.000000190. The molecule has 14 rings (SSSR count). The van der Waals surface area contributed by atoms with Gasteiger partial charge in [-0.2, -0.15) is 70.4 Å². The number of anilines is 5. The summed E-state index contributed by atoms with van der Waals surface area (Å²) in [5.41, 5.74) is 11.1. The largest absolute Gasteiger partial charge is 0.462 e. The second-order valence-corrected chi connectivity index (χ2v) is 33.2. The van der Waals surface area contributed by atoms with Crippen LogP contribution in [0, 0.1) is 0 Å². The molecule has 1 N–H and O–H groups in total. The summed E-state index contributed by atoms with van der Waals surface area (Å²) < 4.78 is 29.7. The van der Waals surface area contributed by atoms with Crippen molar-refractivity contribution in [2.24, 2.45) is 0 Å². The van der Waals surface area contributed by atoms with Crippen molar-refractivity contribution in [1.82, 2.24) is 64.6 Å². The van der Waals surface area contributed by atoms with Crippen molar-refractivity contribution in [1.29, 1.82) is 0 Å². The van der Waals surface area contributed by atoms with Gasteiger partial charge in [-0.25, -0.2) is 9.59 Å². The number of para-hydroxylation sites is 2. The van der Waals surface area contributed by atoms with E-state index in [1.54, 1.807) is 9.80 Å². The topological polar surface area (TPSA) is 222 Å². The summed E-state index contributed by atoms with van der Waals surface area (Å²) >= 11 is 0. The van der Waals surface area contributed by atoms with Gasteiger partial charge in [0.25, 0.3) is 0 Å². The number of piperazine rings is 3. The molecule has 0 aliphatic carbocycles. The molecule has 6 saturated heterocycles. The van der Waals surface area contributed by atoms with Crippen LogP contribution in [0.4, 0.5) is 38.4 Å². The van der Waals surface area contributed by atoms with E-state index < -0.39 is 11.2 Å². The maximum atomic E-state index is 12.7. The number of ether oxygens (including phenoxy) is 5. The lowest BCUT2D eigenvalue weighted by Gasteiger charge is -2.38. The van der Waals surface area contributed by atoms with Crippen LogP contribution in [0.25, 0.3) is 0 Å². The number of likely N-dealkylation sites (N-methyl/N-ethyl adjacent to an activating group) is 3. The summed E-state index contributed by atoms with van der Waals surface area (Å²) in [6.07, 6.45) is 10.6. The molecule has 9 aliphatic rings. The second kappa shape index (κ2) is 39.7. The molecule has 12 heterocycles. The van der Waals surface area contributed by atoms with E-state index in [0.29, 0.717) is 120 Å². The molecule has 0 bridgehead atoms. The van der Waals surface area contributed by atoms with Crippen molar-refractivity contribution >= 4 is 87.4 Å². The van der Waals surface area contributed by atoms with E-state index in [1.807, 2.05) is 46.4 Å². The fourth-order valence-corrected chi connectivity index (χ4v) is 16.2. The number of carbonyl (C=O) groups is 3.